The number of aryl methyl sites for hydroxylation is 1. The van der Waals surface area contributed by atoms with Gasteiger partial charge in [-0.3, -0.25) is 14.2 Å². The lowest BCUT2D eigenvalue weighted by molar-refractivity contribution is -0.121. The van der Waals surface area contributed by atoms with E-state index in [0.29, 0.717) is 11.1 Å². The highest BCUT2D eigenvalue weighted by atomic mass is 16.4. The fraction of sp³-hybridized carbons (Fsp3) is 0.174. The second kappa shape index (κ2) is 8.65. The van der Waals surface area contributed by atoms with E-state index in [4.69, 9.17) is 4.42 Å². The van der Waals surface area contributed by atoms with Crippen LogP contribution in [0.15, 0.2) is 75.9 Å². The Bertz CT molecular complexity index is 1270. The topological polar surface area (TPSA) is 93.3 Å². The third kappa shape index (κ3) is 4.41. The van der Waals surface area contributed by atoms with Crippen LogP contribution in [0.3, 0.4) is 0 Å². The van der Waals surface area contributed by atoms with Crippen molar-refractivity contribution < 1.29 is 14.0 Å². The van der Waals surface area contributed by atoms with Crippen LogP contribution >= 0.6 is 0 Å². The van der Waals surface area contributed by atoms with Crippen molar-refractivity contribution in [1.29, 1.82) is 0 Å². The number of hydrogen-bond donors (Lipinski definition) is 2. The molecule has 0 radical (unpaired) electrons. The third-order valence-electron chi connectivity index (χ3n) is 4.84. The first kappa shape index (κ1) is 19.4. The van der Waals surface area contributed by atoms with Crippen molar-refractivity contribution >= 4 is 39.4 Å². The Hall–Kier alpha value is -3.87. The van der Waals surface area contributed by atoms with Crippen LogP contribution < -0.4 is 16.4 Å². The number of nitrogens with one attached hydrogen (secondary N) is 2. The maximum Gasteiger partial charge on any atom is 0.419 e. The average molecular weight is 403 g/mol. The molecule has 4 rings (SSSR count). The van der Waals surface area contributed by atoms with E-state index in [9.17, 15) is 14.4 Å². The number of anilines is 1. The zero-order valence-corrected chi connectivity index (χ0v) is 16.3. The largest absolute Gasteiger partial charge is 0.419 e. The van der Waals surface area contributed by atoms with E-state index in [1.165, 1.54) is 4.57 Å². The molecule has 0 aliphatic carbocycles. The molecule has 0 saturated carbocycles. The number of carbonyl (C=O) groups is 2. The van der Waals surface area contributed by atoms with Gasteiger partial charge in [0.1, 0.15) is 0 Å². The average Bonchev–Trinajstić information content (AvgIpc) is 3.07. The van der Waals surface area contributed by atoms with Crippen molar-refractivity contribution in [3.63, 3.8) is 0 Å². The summed E-state index contributed by atoms with van der Waals surface area (Å²) < 4.78 is 6.58. The molecule has 0 bridgehead atoms. The molecule has 0 atom stereocenters. The number of hydrogen-bond acceptors (Lipinski definition) is 4. The zero-order chi connectivity index (χ0) is 20.9. The van der Waals surface area contributed by atoms with Gasteiger partial charge in [-0.1, -0.05) is 42.5 Å². The SMILES string of the molecule is O=C(CCn1c(=O)oc2ccccc21)NCCC(=O)Nc1ccc2ccccc2c1. The number of rotatable bonds is 7. The van der Waals surface area contributed by atoms with Crippen LogP contribution in [0.4, 0.5) is 5.69 Å². The van der Waals surface area contributed by atoms with Gasteiger partial charge >= 0.3 is 5.76 Å². The van der Waals surface area contributed by atoms with Crippen LogP contribution in [-0.2, 0) is 16.1 Å². The predicted octanol–water partition coefficient (Wildman–Crippen LogP) is 3.28. The first-order valence-corrected chi connectivity index (χ1v) is 9.74. The van der Waals surface area contributed by atoms with Gasteiger partial charge in [0.15, 0.2) is 5.58 Å². The molecule has 2 N–H and O–H groups in total. The van der Waals surface area contributed by atoms with Crippen LogP contribution in [0.1, 0.15) is 12.8 Å². The molecule has 2 amide bonds. The Morgan fingerprint density at radius 3 is 2.50 bits per heavy atom. The number of fused-ring (bicyclic) bond motifs is 2. The summed E-state index contributed by atoms with van der Waals surface area (Å²) in [5, 5.41) is 7.71. The third-order valence-corrected chi connectivity index (χ3v) is 4.84. The Morgan fingerprint density at radius 1 is 0.867 bits per heavy atom. The van der Waals surface area contributed by atoms with Gasteiger partial charge < -0.3 is 15.1 Å². The van der Waals surface area contributed by atoms with Gasteiger partial charge in [-0.25, -0.2) is 4.79 Å². The molecule has 152 valence electrons. The normalized spacial score (nSPS) is 10.9. The van der Waals surface area contributed by atoms with Crippen molar-refractivity contribution in [1.82, 2.24) is 9.88 Å². The highest BCUT2D eigenvalue weighted by Gasteiger charge is 2.11. The van der Waals surface area contributed by atoms with Crippen molar-refractivity contribution in [3.8, 4) is 0 Å². The van der Waals surface area contributed by atoms with E-state index in [2.05, 4.69) is 10.6 Å². The van der Waals surface area contributed by atoms with Gasteiger partial charge in [0.25, 0.3) is 0 Å². The van der Waals surface area contributed by atoms with E-state index in [1.807, 2.05) is 48.5 Å². The number of nitrogens with zero attached hydrogens (tertiary/aromatic N) is 1. The van der Waals surface area contributed by atoms with Gasteiger partial charge in [-0.15, -0.1) is 0 Å². The quantitative estimate of drug-likeness (QED) is 0.495. The summed E-state index contributed by atoms with van der Waals surface area (Å²) in [5.41, 5.74) is 1.87. The van der Waals surface area contributed by atoms with Gasteiger partial charge in [0.2, 0.25) is 11.8 Å². The highest BCUT2D eigenvalue weighted by Crippen LogP contribution is 2.18. The number of oxazole rings is 1. The molecule has 0 saturated heterocycles. The molecular weight excluding hydrogens is 382 g/mol. The van der Waals surface area contributed by atoms with E-state index in [-0.39, 0.29) is 37.7 Å². The molecule has 0 fully saturated rings. The summed E-state index contributed by atoms with van der Waals surface area (Å²) in [7, 11) is 0. The second-order valence-electron chi connectivity index (χ2n) is 6.95. The van der Waals surface area contributed by atoms with E-state index in [0.717, 1.165) is 16.5 Å². The smallest absolute Gasteiger partial charge is 0.408 e. The Morgan fingerprint density at radius 2 is 1.63 bits per heavy atom. The summed E-state index contributed by atoms with van der Waals surface area (Å²) in [5.74, 6) is -0.896. The number of benzene rings is 3. The van der Waals surface area contributed by atoms with E-state index < -0.39 is 5.76 Å². The minimum atomic E-state index is -0.487. The van der Waals surface area contributed by atoms with Gasteiger partial charge in [0.05, 0.1) is 5.52 Å². The number of carbonyl (C=O) groups excluding carboxylic acids is 2. The highest BCUT2D eigenvalue weighted by molar-refractivity contribution is 5.94. The second-order valence-corrected chi connectivity index (χ2v) is 6.95. The molecule has 1 aromatic heterocycles. The minimum absolute atomic E-state index is 0.121. The molecule has 7 heteroatoms. The predicted molar refractivity (Wildman–Crippen MR) is 115 cm³/mol. The lowest BCUT2D eigenvalue weighted by Crippen LogP contribution is -2.29. The van der Waals surface area contributed by atoms with Crippen LogP contribution in [0, 0.1) is 0 Å². The molecule has 4 aromatic rings. The van der Waals surface area contributed by atoms with Gasteiger partial charge in [-0.2, -0.15) is 0 Å². The monoisotopic (exact) mass is 403 g/mol. The van der Waals surface area contributed by atoms with Crippen LogP contribution in [0.2, 0.25) is 0 Å². The minimum Gasteiger partial charge on any atom is -0.408 e. The molecule has 0 aliphatic heterocycles. The summed E-state index contributed by atoms with van der Waals surface area (Å²) in [6, 6.07) is 20.7. The Kier molecular flexibility index (Phi) is 5.61. The Labute approximate surface area is 172 Å². The zero-order valence-electron chi connectivity index (χ0n) is 16.3. The molecule has 1 heterocycles. The maximum atomic E-state index is 12.1. The Balaban J connectivity index is 1.24. The van der Waals surface area contributed by atoms with Gasteiger partial charge in [-0.05, 0) is 35.0 Å². The number of para-hydroxylation sites is 2. The molecular formula is C23H21N3O4. The number of aromatic nitrogens is 1. The first-order valence-electron chi connectivity index (χ1n) is 9.74. The van der Waals surface area contributed by atoms with Crippen molar-refractivity contribution in [2.45, 2.75) is 19.4 Å². The lowest BCUT2D eigenvalue weighted by atomic mass is 10.1. The molecule has 0 unspecified atom stereocenters. The first-order chi connectivity index (χ1) is 14.6. The summed E-state index contributed by atoms with van der Waals surface area (Å²) in [6.45, 7) is 0.435. The molecule has 7 nitrogen and oxygen atoms in total. The lowest BCUT2D eigenvalue weighted by Gasteiger charge is -2.08. The fourth-order valence-electron chi connectivity index (χ4n) is 3.33. The van der Waals surface area contributed by atoms with Crippen LogP contribution in [0.25, 0.3) is 21.9 Å². The molecule has 0 spiro atoms. The van der Waals surface area contributed by atoms with E-state index in [1.54, 1.807) is 18.2 Å². The van der Waals surface area contributed by atoms with Crippen molar-refractivity contribution in [2.24, 2.45) is 0 Å². The maximum absolute atomic E-state index is 12.1. The summed E-state index contributed by atoms with van der Waals surface area (Å²) in [6.07, 6.45) is 0.281. The fourth-order valence-corrected chi connectivity index (χ4v) is 3.33. The summed E-state index contributed by atoms with van der Waals surface area (Å²) >= 11 is 0. The van der Waals surface area contributed by atoms with E-state index >= 15 is 0 Å². The van der Waals surface area contributed by atoms with Crippen molar-refractivity contribution in [3.05, 3.63) is 77.3 Å². The standard InChI is InChI=1S/C23H21N3O4/c27-21(12-14-26-19-7-3-4-8-20(19)30-23(26)29)24-13-11-22(28)25-18-10-9-16-5-1-2-6-17(16)15-18/h1-10,15H,11-14H2,(H,24,27)(H,25,28). The molecule has 30 heavy (non-hydrogen) atoms. The molecule has 3 aromatic carbocycles. The van der Waals surface area contributed by atoms with Crippen LogP contribution in [0.5, 0.6) is 0 Å². The summed E-state index contributed by atoms with van der Waals surface area (Å²) in [4.78, 5) is 36.2. The van der Waals surface area contributed by atoms with Gasteiger partial charge in [0, 0.05) is 31.6 Å². The van der Waals surface area contributed by atoms with Crippen LogP contribution in [-0.4, -0.2) is 22.9 Å². The molecule has 0 aliphatic rings. The van der Waals surface area contributed by atoms with Crippen molar-refractivity contribution in [2.75, 3.05) is 11.9 Å². The number of amides is 2.